The second-order valence-electron chi connectivity index (χ2n) is 10.5. The summed E-state index contributed by atoms with van der Waals surface area (Å²) in [5.74, 6) is 0. The first-order valence-electron chi connectivity index (χ1n) is 13.6. The first-order chi connectivity index (χ1) is 19.3. The fourth-order valence-corrected chi connectivity index (χ4v) is 7.79. The van der Waals surface area contributed by atoms with Gasteiger partial charge in [0.1, 0.15) is 0 Å². The third-order valence-electron chi connectivity index (χ3n) is 8.41. The predicted molar refractivity (Wildman–Crippen MR) is 169 cm³/mol. The third kappa shape index (κ3) is 2.96. The van der Waals surface area contributed by atoms with Crippen molar-refractivity contribution in [2.24, 2.45) is 0 Å². The van der Waals surface area contributed by atoms with Crippen molar-refractivity contribution in [1.29, 1.82) is 0 Å². The molecule has 0 radical (unpaired) electrons. The molecule has 0 N–H and O–H groups in total. The van der Waals surface area contributed by atoms with E-state index in [1.165, 1.54) is 69.5 Å². The third-order valence-corrected chi connectivity index (χ3v) is 9.56. The Hall–Kier alpha value is -4.60. The average molecular weight is 517 g/mol. The lowest BCUT2D eigenvalue weighted by Crippen LogP contribution is -2.06. The van der Waals surface area contributed by atoms with Gasteiger partial charge in [-0.15, -0.1) is 11.3 Å². The number of hydrogen-bond acceptors (Lipinski definition) is 1. The van der Waals surface area contributed by atoms with Gasteiger partial charge in [0.15, 0.2) is 0 Å². The van der Waals surface area contributed by atoms with Crippen molar-refractivity contribution in [2.75, 3.05) is 0 Å². The number of hydrogen-bond donors (Lipinski definition) is 0. The van der Waals surface area contributed by atoms with Crippen LogP contribution in [-0.2, 0) is 0 Å². The molecule has 2 nitrogen and oxygen atoms in total. The van der Waals surface area contributed by atoms with Gasteiger partial charge in [0.2, 0.25) is 0 Å². The van der Waals surface area contributed by atoms with Gasteiger partial charge in [-0.2, -0.15) is 0 Å². The monoisotopic (exact) mass is 516 g/mol. The molecule has 9 rings (SSSR count). The van der Waals surface area contributed by atoms with Crippen molar-refractivity contribution in [3.8, 4) is 5.69 Å². The number of nitrogens with zero attached hydrogens (tertiary/aromatic N) is 2. The number of rotatable bonds is 2. The molecule has 3 heteroatoms. The lowest BCUT2D eigenvalue weighted by molar-refractivity contribution is 0.648. The van der Waals surface area contributed by atoms with E-state index in [-0.39, 0.29) is 0 Å². The van der Waals surface area contributed by atoms with E-state index in [2.05, 4.69) is 137 Å². The molecule has 0 amide bonds. The zero-order chi connectivity index (χ0) is 25.5. The molecule has 8 aromatic rings. The van der Waals surface area contributed by atoms with Crippen molar-refractivity contribution in [2.45, 2.75) is 12.5 Å². The molecule has 0 saturated heterocycles. The summed E-state index contributed by atoms with van der Waals surface area (Å²) in [6.07, 6.45) is 9.96. The molecular formula is C36H24N2S. The summed E-state index contributed by atoms with van der Waals surface area (Å²) in [7, 11) is 0. The quantitative estimate of drug-likeness (QED) is 0.216. The highest BCUT2D eigenvalue weighted by atomic mass is 32.1. The van der Waals surface area contributed by atoms with Crippen LogP contribution in [0.2, 0.25) is 0 Å². The molecule has 3 aromatic heterocycles. The first-order valence-corrected chi connectivity index (χ1v) is 14.4. The van der Waals surface area contributed by atoms with Crippen LogP contribution >= 0.6 is 11.3 Å². The second kappa shape index (κ2) is 7.95. The van der Waals surface area contributed by atoms with Crippen molar-refractivity contribution >= 4 is 75.1 Å². The number of aromatic nitrogens is 2. The Kier molecular flexibility index (Phi) is 4.35. The molecule has 1 unspecified atom stereocenters. The molecule has 39 heavy (non-hydrogen) atoms. The molecule has 1 aliphatic rings. The Morgan fingerprint density at radius 2 is 1.26 bits per heavy atom. The van der Waals surface area contributed by atoms with Gasteiger partial charge in [-0.05, 0) is 55.0 Å². The minimum atomic E-state index is 0.307. The van der Waals surface area contributed by atoms with Gasteiger partial charge < -0.3 is 9.13 Å². The van der Waals surface area contributed by atoms with Crippen molar-refractivity contribution in [3.63, 3.8) is 0 Å². The van der Waals surface area contributed by atoms with Crippen LogP contribution in [-0.4, -0.2) is 9.13 Å². The van der Waals surface area contributed by atoms with Crippen LogP contribution < -0.4 is 0 Å². The summed E-state index contributed by atoms with van der Waals surface area (Å²) in [5, 5.41) is 7.90. The zero-order valence-electron chi connectivity index (χ0n) is 21.2. The lowest BCUT2D eigenvalue weighted by Gasteiger charge is -2.18. The molecule has 0 spiro atoms. The predicted octanol–water partition coefficient (Wildman–Crippen LogP) is 10.3. The number of fused-ring (bicyclic) bond motifs is 9. The van der Waals surface area contributed by atoms with Gasteiger partial charge >= 0.3 is 0 Å². The van der Waals surface area contributed by atoms with E-state index in [0.29, 0.717) is 6.04 Å². The van der Waals surface area contributed by atoms with Crippen LogP contribution in [0.3, 0.4) is 0 Å². The topological polar surface area (TPSA) is 9.86 Å². The minimum Gasteiger partial charge on any atom is -0.333 e. The number of benzene rings is 5. The fourth-order valence-electron chi connectivity index (χ4n) is 6.71. The van der Waals surface area contributed by atoms with E-state index in [1.54, 1.807) is 0 Å². The molecule has 0 bridgehead atoms. The molecule has 3 heterocycles. The maximum Gasteiger partial charge on any atom is 0.0562 e. The molecule has 0 fully saturated rings. The smallest absolute Gasteiger partial charge is 0.0562 e. The SMILES string of the molecule is C1=CCC(n2c3ccccc3c3cc4c5ccccc5n(-c5ccc6sc7ccccc7c6c5)c4cc32)C=C1. The maximum absolute atomic E-state index is 2.54. The van der Waals surface area contributed by atoms with Gasteiger partial charge in [-0.1, -0.05) is 78.9 Å². The highest BCUT2D eigenvalue weighted by molar-refractivity contribution is 7.25. The Morgan fingerprint density at radius 3 is 2.10 bits per heavy atom. The maximum atomic E-state index is 2.54. The Balaban J connectivity index is 1.41. The molecule has 1 atom stereocenters. The van der Waals surface area contributed by atoms with Gasteiger partial charge in [0.25, 0.3) is 0 Å². The molecular weight excluding hydrogens is 492 g/mol. The molecule has 5 aromatic carbocycles. The number of thiophene rings is 1. The van der Waals surface area contributed by atoms with E-state index in [1.807, 2.05) is 11.3 Å². The summed E-state index contributed by atoms with van der Waals surface area (Å²) >= 11 is 1.87. The largest absolute Gasteiger partial charge is 0.333 e. The number of allylic oxidation sites excluding steroid dienone is 4. The van der Waals surface area contributed by atoms with Crippen molar-refractivity contribution in [1.82, 2.24) is 9.13 Å². The van der Waals surface area contributed by atoms with E-state index in [0.717, 1.165) is 6.42 Å². The summed E-state index contributed by atoms with van der Waals surface area (Å²) in [6, 6.07) is 38.6. The summed E-state index contributed by atoms with van der Waals surface area (Å²) in [6.45, 7) is 0. The van der Waals surface area contributed by atoms with Crippen LogP contribution in [0.5, 0.6) is 0 Å². The van der Waals surface area contributed by atoms with Crippen LogP contribution in [0.4, 0.5) is 0 Å². The van der Waals surface area contributed by atoms with Crippen molar-refractivity contribution < 1.29 is 0 Å². The summed E-state index contributed by atoms with van der Waals surface area (Å²) < 4.78 is 7.68. The molecule has 184 valence electrons. The van der Waals surface area contributed by atoms with Crippen LogP contribution in [0, 0.1) is 0 Å². The molecule has 0 saturated carbocycles. The van der Waals surface area contributed by atoms with Gasteiger partial charge in [0.05, 0.1) is 22.6 Å². The van der Waals surface area contributed by atoms with Gasteiger partial charge in [-0.3, -0.25) is 0 Å². The van der Waals surface area contributed by atoms with E-state index in [9.17, 15) is 0 Å². The van der Waals surface area contributed by atoms with Crippen LogP contribution in [0.25, 0.3) is 69.5 Å². The Bertz CT molecular complexity index is 2320. The Morgan fingerprint density at radius 1 is 0.538 bits per heavy atom. The van der Waals surface area contributed by atoms with Crippen LogP contribution in [0.15, 0.2) is 127 Å². The van der Waals surface area contributed by atoms with E-state index >= 15 is 0 Å². The zero-order valence-corrected chi connectivity index (χ0v) is 22.0. The average Bonchev–Trinajstić information content (AvgIpc) is 3.63. The van der Waals surface area contributed by atoms with Crippen molar-refractivity contribution in [3.05, 3.63) is 127 Å². The van der Waals surface area contributed by atoms with E-state index < -0.39 is 0 Å². The minimum absolute atomic E-state index is 0.307. The number of para-hydroxylation sites is 2. The van der Waals surface area contributed by atoms with Gasteiger partial charge in [-0.25, -0.2) is 0 Å². The Labute approximate surface area is 229 Å². The normalized spacial score (nSPS) is 15.6. The molecule has 0 aliphatic heterocycles. The van der Waals surface area contributed by atoms with E-state index in [4.69, 9.17) is 0 Å². The lowest BCUT2D eigenvalue weighted by atomic mass is 10.1. The van der Waals surface area contributed by atoms with Gasteiger partial charge in [0, 0.05) is 52.9 Å². The fraction of sp³-hybridized carbons (Fsp3) is 0.0556. The van der Waals surface area contributed by atoms with Crippen LogP contribution in [0.1, 0.15) is 12.5 Å². The summed E-state index contributed by atoms with van der Waals surface area (Å²) in [5.41, 5.74) is 6.30. The highest BCUT2D eigenvalue weighted by Crippen LogP contribution is 2.41. The highest BCUT2D eigenvalue weighted by Gasteiger charge is 2.20. The second-order valence-corrected chi connectivity index (χ2v) is 11.6. The molecule has 1 aliphatic carbocycles. The first kappa shape index (κ1) is 21.3. The summed E-state index contributed by atoms with van der Waals surface area (Å²) in [4.78, 5) is 0. The standard InChI is InChI=1S/C36H24N2S/c1-2-10-23(11-3-1)37-31-15-7-4-12-25(31)28-21-29-26-13-5-8-16-32(26)38(34(29)22-33(28)37)24-18-19-36-30(20-24)27-14-6-9-17-35(27)39-36/h1-10,12-23H,11H2.